The summed E-state index contributed by atoms with van der Waals surface area (Å²) in [5, 5.41) is 9.59. The number of unbranched alkanes of at least 4 members (excludes halogenated alkanes) is 9. The van der Waals surface area contributed by atoms with Gasteiger partial charge in [0.1, 0.15) is 6.10 Å². The molecule has 1 unspecified atom stereocenters. The van der Waals surface area contributed by atoms with Crippen molar-refractivity contribution in [3.63, 3.8) is 0 Å². The van der Waals surface area contributed by atoms with Gasteiger partial charge in [0.25, 0.3) is 0 Å². The van der Waals surface area contributed by atoms with Crippen LogP contribution in [0, 0.1) is 0 Å². The van der Waals surface area contributed by atoms with Crippen LogP contribution in [0.2, 0.25) is 0 Å². The van der Waals surface area contributed by atoms with Crippen molar-refractivity contribution in [3.8, 4) is 0 Å². The van der Waals surface area contributed by atoms with E-state index in [2.05, 4.69) is 135 Å². The van der Waals surface area contributed by atoms with Gasteiger partial charge in [0.15, 0.2) is 0 Å². The molecule has 0 saturated heterocycles. The maximum Gasteiger partial charge on any atom is 0.306 e. The topological polar surface area (TPSA) is 55.8 Å². The van der Waals surface area contributed by atoms with Gasteiger partial charge in [0, 0.05) is 13.0 Å². The molecular weight excluding hydrogens is 653 g/mol. The van der Waals surface area contributed by atoms with Gasteiger partial charge in [-0.1, -0.05) is 167 Å². The highest BCUT2D eigenvalue weighted by Gasteiger charge is 2.13. The molecule has 4 heteroatoms. The predicted octanol–water partition coefficient (Wildman–Crippen LogP) is 14.1. The minimum atomic E-state index is -0.569. The average Bonchev–Trinajstić information content (AvgIpc) is 3.16. The normalized spacial score (nSPS) is 13.6. The molecule has 298 valence electrons. The summed E-state index contributed by atoms with van der Waals surface area (Å²) in [5.41, 5.74) is 0. The SMILES string of the molecule is CC/C=C\C/C=C\C/C=C\C/C=C\C/C=C\C/C=C\CCCCCCCCC(=O)OC(CO)COCCCCC/C=C\C/C=C\C/C=C\C/C=C\CC. The van der Waals surface area contributed by atoms with Crippen molar-refractivity contribution >= 4 is 5.97 Å². The summed E-state index contributed by atoms with van der Waals surface area (Å²) < 4.78 is 11.1. The summed E-state index contributed by atoms with van der Waals surface area (Å²) in [6.07, 6.45) is 66.8. The number of esters is 1. The molecule has 0 bridgehead atoms. The van der Waals surface area contributed by atoms with Gasteiger partial charge in [-0.3, -0.25) is 4.79 Å². The van der Waals surface area contributed by atoms with E-state index in [0.29, 0.717) is 13.0 Å². The van der Waals surface area contributed by atoms with Crippen LogP contribution in [0.15, 0.2) is 122 Å². The fraction of sp³-hybridized carbons (Fsp3) is 0.571. The van der Waals surface area contributed by atoms with E-state index >= 15 is 0 Å². The van der Waals surface area contributed by atoms with Crippen molar-refractivity contribution in [2.45, 2.75) is 161 Å². The fourth-order valence-electron chi connectivity index (χ4n) is 5.20. The lowest BCUT2D eigenvalue weighted by Gasteiger charge is -2.15. The van der Waals surface area contributed by atoms with Crippen LogP contribution in [0.3, 0.4) is 0 Å². The molecule has 53 heavy (non-hydrogen) atoms. The maximum absolute atomic E-state index is 12.2. The molecule has 0 aliphatic rings. The third-order valence-corrected chi connectivity index (χ3v) is 8.28. The molecule has 0 saturated carbocycles. The first-order valence-electron chi connectivity index (χ1n) is 21.1. The van der Waals surface area contributed by atoms with Gasteiger partial charge in [-0.05, 0) is 103 Å². The molecule has 0 aromatic carbocycles. The van der Waals surface area contributed by atoms with Crippen LogP contribution in [0.1, 0.15) is 155 Å². The van der Waals surface area contributed by atoms with E-state index in [1.54, 1.807) is 0 Å². The molecule has 0 aromatic rings. The largest absolute Gasteiger partial charge is 0.457 e. The molecule has 0 aliphatic heterocycles. The third kappa shape index (κ3) is 43.1. The molecule has 0 aliphatic carbocycles. The Morgan fingerprint density at radius 3 is 1.19 bits per heavy atom. The number of carbonyl (C=O) groups is 1. The Balaban J connectivity index is 3.60. The molecule has 0 heterocycles. The van der Waals surface area contributed by atoms with Gasteiger partial charge in [0.2, 0.25) is 0 Å². The second-order valence-corrected chi connectivity index (χ2v) is 13.3. The lowest BCUT2D eigenvalue weighted by molar-refractivity contribution is -0.154. The van der Waals surface area contributed by atoms with Crippen molar-refractivity contribution in [3.05, 3.63) is 122 Å². The molecule has 0 aromatic heterocycles. The van der Waals surface area contributed by atoms with Crippen LogP contribution in [-0.2, 0) is 14.3 Å². The molecule has 0 rings (SSSR count). The second-order valence-electron chi connectivity index (χ2n) is 13.3. The molecule has 4 nitrogen and oxygen atoms in total. The van der Waals surface area contributed by atoms with E-state index in [1.807, 2.05) is 0 Å². The zero-order chi connectivity index (χ0) is 38.4. The zero-order valence-corrected chi connectivity index (χ0v) is 34.0. The van der Waals surface area contributed by atoms with Crippen molar-refractivity contribution < 1.29 is 19.4 Å². The number of aliphatic hydroxyl groups excluding tert-OH is 1. The van der Waals surface area contributed by atoms with Crippen molar-refractivity contribution in [2.24, 2.45) is 0 Å². The minimum absolute atomic E-state index is 0.200. The van der Waals surface area contributed by atoms with E-state index in [4.69, 9.17) is 9.47 Å². The third-order valence-electron chi connectivity index (χ3n) is 8.28. The first kappa shape index (κ1) is 49.8. The quantitative estimate of drug-likeness (QED) is 0.0393. The van der Waals surface area contributed by atoms with E-state index < -0.39 is 6.10 Å². The van der Waals surface area contributed by atoms with Gasteiger partial charge in [-0.15, -0.1) is 0 Å². The lowest BCUT2D eigenvalue weighted by Crippen LogP contribution is -2.27. The van der Waals surface area contributed by atoms with Crippen LogP contribution in [0.25, 0.3) is 0 Å². The van der Waals surface area contributed by atoms with Gasteiger partial charge < -0.3 is 14.6 Å². The summed E-state index contributed by atoms with van der Waals surface area (Å²) in [6, 6.07) is 0. The Labute approximate surface area is 327 Å². The maximum atomic E-state index is 12.2. The molecule has 0 amide bonds. The number of hydrogen-bond acceptors (Lipinski definition) is 4. The monoisotopic (exact) mass is 731 g/mol. The second kappa shape index (κ2) is 44.9. The molecule has 1 N–H and O–H groups in total. The van der Waals surface area contributed by atoms with Crippen LogP contribution in [0.5, 0.6) is 0 Å². The van der Waals surface area contributed by atoms with Crippen molar-refractivity contribution in [1.82, 2.24) is 0 Å². The number of hydrogen-bond donors (Lipinski definition) is 1. The predicted molar refractivity (Wildman–Crippen MR) is 232 cm³/mol. The molecular formula is C49H78O4. The first-order valence-corrected chi connectivity index (χ1v) is 21.1. The molecule has 0 radical (unpaired) electrons. The smallest absolute Gasteiger partial charge is 0.306 e. The number of rotatable bonds is 37. The van der Waals surface area contributed by atoms with Gasteiger partial charge in [-0.2, -0.15) is 0 Å². The molecule has 0 spiro atoms. The number of carbonyl (C=O) groups excluding carboxylic acids is 1. The Hall–Kier alpha value is -3.21. The van der Waals surface area contributed by atoms with Crippen LogP contribution in [0.4, 0.5) is 0 Å². The Bertz CT molecular complexity index is 1080. The van der Waals surface area contributed by atoms with Gasteiger partial charge in [-0.25, -0.2) is 0 Å². The highest BCUT2D eigenvalue weighted by molar-refractivity contribution is 5.69. The molecule has 0 fully saturated rings. The van der Waals surface area contributed by atoms with Gasteiger partial charge in [0.05, 0.1) is 13.2 Å². The van der Waals surface area contributed by atoms with Crippen LogP contribution in [-0.4, -0.2) is 37.0 Å². The number of ether oxygens (including phenoxy) is 2. The van der Waals surface area contributed by atoms with Crippen molar-refractivity contribution in [1.29, 1.82) is 0 Å². The molecule has 1 atom stereocenters. The number of aliphatic hydroxyl groups is 1. The average molecular weight is 731 g/mol. The van der Waals surface area contributed by atoms with E-state index in [1.165, 1.54) is 19.3 Å². The highest BCUT2D eigenvalue weighted by atomic mass is 16.6. The van der Waals surface area contributed by atoms with Crippen LogP contribution < -0.4 is 0 Å². The minimum Gasteiger partial charge on any atom is -0.457 e. The van der Waals surface area contributed by atoms with E-state index in [0.717, 1.165) is 116 Å². The standard InChI is InChI=1S/C49H78O4/c1-3-5-7-9-11-13-15-17-19-21-22-23-24-25-26-27-28-29-30-32-34-36-38-40-42-44-49(51)53-48(46-50)47-52-45-43-41-39-37-35-33-31-20-18-16-14-12-10-8-6-4-2/h5-8,11-14,17-20,22-23,25-26,28-29,33,35,48,50H,3-4,9-10,15-16,21,24,27,30-32,34,36-47H2,1-2H3/b7-5-,8-6-,13-11-,14-12-,19-17-,20-18-,23-22-,26-25-,29-28-,35-33-. The van der Waals surface area contributed by atoms with Crippen LogP contribution >= 0.6 is 0 Å². The van der Waals surface area contributed by atoms with Crippen molar-refractivity contribution in [2.75, 3.05) is 19.8 Å². The van der Waals surface area contributed by atoms with E-state index in [9.17, 15) is 9.90 Å². The Kier molecular flexibility index (Phi) is 42.2. The lowest BCUT2D eigenvalue weighted by atomic mass is 10.1. The number of allylic oxidation sites excluding steroid dienone is 20. The Morgan fingerprint density at radius 1 is 0.453 bits per heavy atom. The van der Waals surface area contributed by atoms with Gasteiger partial charge >= 0.3 is 5.97 Å². The summed E-state index contributed by atoms with van der Waals surface area (Å²) in [6.45, 7) is 5.00. The highest BCUT2D eigenvalue weighted by Crippen LogP contribution is 2.11. The summed E-state index contributed by atoms with van der Waals surface area (Å²) in [5.74, 6) is -0.233. The summed E-state index contributed by atoms with van der Waals surface area (Å²) in [4.78, 5) is 12.2. The fourth-order valence-corrected chi connectivity index (χ4v) is 5.20. The summed E-state index contributed by atoms with van der Waals surface area (Å²) in [7, 11) is 0. The zero-order valence-electron chi connectivity index (χ0n) is 34.0. The Morgan fingerprint density at radius 2 is 0.792 bits per heavy atom. The first-order chi connectivity index (χ1) is 26.2. The van der Waals surface area contributed by atoms with E-state index in [-0.39, 0.29) is 19.2 Å². The summed E-state index contributed by atoms with van der Waals surface area (Å²) >= 11 is 0.